The lowest BCUT2D eigenvalue weighted by atomic mass is 10.1. The zero-order valence-corrected chi connectivity index (χ0v) is 7.41. The van der Waals surface area contributed by atoms with Crippen LogP contribution in [0.5, 0.6) is 0 Å². The van der Waals surface area contributed by atoms with Gasteiger partial charge in [-0.05, 0) is 12.8 Å². The molecular formula is C8H16O4. The summed E-state index contributed by atoms with van der Waals surface area (Å²) in [6.45, 7) is 0.587. The Morgan fingerprint density at radius 3 is 2.50 bits per heavy atom. The molecule has 0 aliphatic carbocycles. The number of carboxylic acids is 1. The first-order valence-corrected chi connectivity index (χ1v) is 4.14. The van der Waals surface area contributed by atoms with Crippen LogP contribution in [-0.4, -0.2) is 24.8 Å². The van der Waals surface area contributed by atoms with Gasteiger partial charge in [0, 0.05) is 6.42 Å². The number of aliphatic carboxylic acids is 1. The Kier molecular flexibility index (Phi) is 8.05. The summed E-state index contributed by atoms with van der Waals surface area (Å²) in [5, 5.41) is 8.31. The van der Waals surface area contributed by atoms with Crippen molar-refractivity contribution in [2.24, 2.45) is 0 Å². The maximum Gasteiger partial charge on any atom is 0.303 e. The van der Waals surface area contributed by atoms with Crippen molar-refractivity contribution in [3.05, 3.63) is 0 Å². The lowest BCUT2D eigenvalue weighted by molar-refractivity contribution is -0.272. The van der Waals surface area contributed by atoms with E-state index < -0.39 is 5.97 Å². The van der Waals surface area contributed by atoms with Crippen LogP contribution >= 0.6 is 0 Å². The summed E-state index contributed by atoms with van der Waals surface area (Å²) in [4.78, 5) is 19.1. The zero-order chi connectivity index (χ0) is 9.23. The fourth-order valence-corrected chi connectivity index (χ4v) is 0.874. The van der Waals surface area contributed by atoms with Crippen LogP contribution in [-0.2, 0) is 14.6 Å². The van der Waals surface area contributed by atoms with E-state index in [9.17, 15) is 4.79 Å². The lowest BCUT2D eigenvalue weighted by Gasteiger charge is -1.99. The van der Waals surface area contributed by atoms with Crippen LogP contribution in [0.4, 0.5) is 0 Å². The van der Waals surface area contributed by atoms with Crippen LogP contribution in [0.1, 0.15) is 32.1 Å². The Morgan fingerprint density at radius 1 is 1.25 bits per heavy atom. The largest absolute Gasteiger partial charge is 0.481 e. The Balaban J connectivity index is 2.86. The zero-order valence-electron chi connectivity index (χ0n) is 7.41. The van der Waals surface area contributed by atoms with Crippen LogP contribution in [0.2, 0.25) is 0 Å². The summed E-state index contributed by atoms with van der Waals surface area (Å²) in [5.41, 5.74) is 0. The van der Waals surface area contributed by atoms with Crippen molar-refractivity contribution in [2.45, 2.75) is 32.1 Å². The summed E-state index contributed by atoms with van der Waals surface area (Å²) >= 11 is 0. The van der Waals surface area contributed by atoms with Crippen LogP contribution in [0, 0.1) is 0 Å². The molecule has 0 aromatic rings. The van der Waals surface area contributed by atoms with Gasteiger partial charge in [0.25, 0.3) is 0 Å². The molecular weight excluding hydrogens is 160 g/mol. The van der Waals surface area contributed by atoms with E-state index in [1.165, 1.54) is 7.11 Å². The highest BCUT2D eigenvalue weighted by Gasteiger charge is 1.95. The van der Waals surface area contributed by atoms with Crippen LogP contribution < -0.4 is 0 Å². The minimum atomic E-state index is -0.719. The fourth-order valence-electron chi connectivity index (χ4n) is 0.874. The molecule has 0 saturated carbocycles. The quantitative estimate of drug-likeness (QED) is 0.346. The van der Waals surface area contributed by atoms with Crippen LogP contribution in [0.15, 0.2) is 0 Å². The Hall–Kier alpha value is -0.610. The Labute approximate surface area is 72.4 Å². The van der Waals surface area contributed by atoms with Crippen molar-refractivity contribution < 1.29 is 19.7 Å². The molecule has 0 unspecified atom stereocenters. The van der Waals surface area contributed by atoms with Crippen LogP contribution in [0.25, 0.3) is 0 Å². The normalized spacial score (nSPS) is 10.1. The second-order valence-corrected chi connectivity index (χ2v) is 2.55. The van der Waals surface area contributed by atoms with Gasteiger partial charge in [0.2, 0.25) is 0 Å². The molecule has 0 bridgehead atoms. The van der Waals surface area contributed by atoms with Crippen molar-refractivity contribution in [3.63, 3.8) is 0 Å². The molecule has 12 heavy (non-hydrogen) atoms. The molecule has 0 heterocycles. The van der Waals surface area contributed by atoms with Crippen molar-refractivity contribution in [1.29, 1.82) is 0 Å². The maximum absolute atomic E-state index is 10.1. The summed E-state index contributed by atoms with van der Waals surface area (Å²) in [5.74, 6) is -0.719. The van der Waals surface area contributed by atoms with Crippen molar-refractivity contribution in [3.8, 4) is 0 Å². The second-order valence-electron chi connectivity index (χ2n) is 2.55. The van der Waals surface area contributed by atoms with Gasteiger partial charge in [0.05, 0.1) is 13.7 Å². The molecule has 0 amide bonds. The number of unbranched alkanes of at least 4 members (excludes halogenated alkanes) is 3. The lowest BCUT2D eigenvalue weighted by Crippen LogP contribution is -1.95. The van der Waals surface area contributed by atoms with Gasteiger partial charge in [-0.15, -0.1) is 0 Å². The molecule has 72 valence electrons. The summed E-state index contributed by atoms with van der Waals surface area (Å²) < 4.78 is 0. The third kappa shape index (κ3) is 9.39. The van der Waals surface area contributed by atoms with Gasteiger partial charge in [0.15, 0.2) is 0 Å². The predicted molar refractivity (Wildman–Crippen MR) is 43.7 cm³/mol. The number of carboxylic acid groups (broad SMARTS) is 1. The third-order valence-electron chi connectivity index (χ3n) is 1.49. The van der Waals surface area contributed by atoms with Gasteiger partial charge >= 0.3 is 5.97 Å². The number of hydrogen-bond acceptors (Lipinski definition) is 3. The molecule has 0 saturated heterocycles. The molecule has 0 atom stereocenters. The summed E-state index contributed by atoms with van der Waals surface area (Å²) in [7, 11) is 1.48. The first kappa shape index (κ1) is 11.4. The molecule has 0 aliphatic rings. The topological polar surface area (TPSA) is 55.8 Å². The molecule has 1 N–H and O–H groups in total. The minimum Gasteiger partial charge on any atom is -0.481 e. The maximum atomic E-state index is 10.1. The molecule has 0 radical (unpaired) electrons. The first-order chi connectivity index (χ1) is 5.77. The highest BCUT2D eigenvalue weighted by Crippen LogP contribution is 2.02. The molecule has 4 heteroatoms. The van der Waals surface area contributed by atoms with Gasteiger partial charge in [-0.1, -0.05) is 12.8 Å². The highest BCUT2D eigenvalue weighted by atomic mass is 17.2. The Morgan fingerprint density at radius 2 is 1.92 bits per heavy atom. The van der Waals surface area contributed by atoms with E-state index in [1.54, 1.807) is 0 Å². The smallest absolute Gasteiger partial charge is 0.303 e. The summed E-state index contributed by atoms with van der Waals surface area (Å²) in [6, 6.07) is 0. The van der Waals surface area contributed by atoms with E-state index in [1.807, 2.05) is 0 Å². The molecule has 4 nitrogen and oxygen atoms in total. The molecule has 0 aromatic carbocycles. The van der Waals surface area contributed by atoms with Crippen molar-refractivity contribution >= 4 is 5.97 Å². The minimum absolute atomic E-state index is 0.269. The van der Waals surface area contributed by atoms with Crippen molar-refractivity contribution in [1.82, 2.24) is 0 Å². The second kappa shape index (κ2) is 8.49. The highest BCUT2D eigenvalue weighted by molar-refractivity contribution is 5.66. The van der Waals surface area contributed by atoms with Gasteiger partial charge < -0.3 is 5.11 Å². The van der Waals surface area contributed by atoms with E-state index in [0.29, 0.717) is 6.61 Å². The van der Waals surface area contributed by atoms with Gasteiger partial charge in [0.1, 0.15) is 0 Å². The van der Waals surface area contributed by atoms with Gasteiger partial charge in [-0.25, -0.2) is 9.78 Å². The number of hydrogen-bond donors (Lipinski definition) is 1. The van der Waals surface area contributed by atoms with E-state index in [0.717, 1.165) is 25.7 Å². The monoisotopic (exact) mass is 176 g/mol. The first-order valence-electron chi connectivity index (χ1n) is 4.14. The standard InChI is InChI=1S/C8H16O4/c1-11-12-7-5-3-2-4-6-8(9)10/h2-7H2,1H3,(H,9,10). The van der Waals surface area contributed by atoms with Gasteiger partial charge in [-0.3, -0.25) is 4.79 Å². The third-order valence-corrected chi connectivity index (χ3v) is 1.49. The molecule has 0 rings (SSSR count). The van der Waals surface area contributed by atoms with Crippen LogP contribution in [0.3, 0.4) is 0 Å². The van der Waals surface area contributed by atoms with Gasteiger partial charge in [-0.2, -0.15) is 0 Å². The molecule has 0 spiro atoms. The predicted octanol–water partition coefficient (Wildman–Crippen LogP) is 1.60. The Bertz CT molecular complexity index is 114. The van der Waals surface area contributed by atoms with E-state index in [2.05, 4.69) is 9.78 Å². The SMILES string of the molecule is COOCCCCCCC(=O)O. The van der Waals surface area contributed by atoms with E-state index >= 15 is 0 Å². The number of rotatable bonds is 8. The molecule has 0 aromatic heterocycles. The van der Waals surface area contributed by atoms with E-state index in [-0.39, 0.29) is 6.42 Å². The molecule has 0 aliphatic heterocycles. The molecule has 0 fully saturated rings. The van der Waals surface area contributed by atoms with Crippen molar-refractivity contribution in [2.75, 3.05) is 13.7 Å². The number of carbonyl (C=O) groups is 1. The summed E-state index contributed by atoms with van der Waals surface area (Å²) in [6.07, 6.45) is 3.89. The average Bonchev–Trinajstić information content (AvgIpc) is 2.02. The van der Waals surface area contributed by atoms with E-state index in [4.69, 9.17) is 5.11 Å². The average molecular weight is 176 g/mol. The fraction of sp³-hybridized carbons (Fsp3) is 0.875.